The average molecular weight is 279 g/mol. The molecule has 0 atom stereocenters. The van der Waals surface area contributed by atoms with Crippen LogP contribution >= 0.6 is 0 Å². The molecular formula is C13H14FN3O3. The summed E-state index contributed by atoms with van der Waals surface area (Å²) in [6, 6.07) is 3.17. The molecule has 0 aromatic carbocycles. The highest BCUT2D eigenvalue weighted by atomic mass is 19.1. The highest BCUT2D eigenvalue weighted by Gasteiger charge is 2.27. The Morgan fingerprint density at radius 3 is 2.80 bits per heavy atom. The van der Waals surface area contributed by atoms with Crippen LogP contribution in [0, 0.1) is 5.82 Å². The molecule has 6 nitrogen and oxygen atoms in total. The van der Waals surface area contributed by atoms with Gasteiger partial charge in [-0.25, -0.2) is 9.37 Å². The van der Waals surface area contributed by atoms with E-state index in [0.717, 1.165) is 6.20 Å². The molecule has 1 fully saturated rings. The van der Waals surface area contributed by atoms with Crippen LogP contribution in [0.4, 0.5) is 4.39 Å². The first-order chi connectivity index (χ1) is 9.69. The van der Waals surface area contributed by atoms with Crippen LogP contribution in [0.3, 0.4) is 0 Å². The Balaban J connectivity index is 2.09. The van der Waals surface area contributed by atoms with Crippen LogP contribution in [-0.2, 0) is 9.47 Å². The molecule has 1 saturated heterocycles. The van der Waals surface area contributed by atoms with Crippen molar-refractivity contribution in [3.63, 3.8) is 0 Å². The molecule has 7 heteroatoms. The fourth-order valence-electron chi connectivity index (χ4n) is 2.07. The van der Waals surface area contributed by atoms with Crippen molar-refractivity contribution in [1.82, 2.24) is 9.97 Å². The number of hydrogen-bond acceptors (Lipinski definition) is 6. The van der Waals surface area contributed by atoms with Crippen LogP contribution in [0.5, 0.6) is 5.88 Å². The fraction of sp³-hybridized carbons (Fsp3) is 0.385. The van der Waals surface area contributed by atoms with Gasteiger partial charge in [-0.3, -0.25) is 4.98 Å². The van der Waals surface area contributed by atoms with Crippen molar-refractivity contribution in [3.8, 4) is 5.88 Å². The molecule has 106 valence electrons. The van der Waals surface area contributed by atoms with E-state index in [4.69, 9.17) is 19.9 Å². The monoisotopic (exact) mass is 279 g/mol. The van der Waals surface area contributed by atoms with Crippen molar-refractivity contribution >= 4 is 11.0 Å². The Labute approximate surface area is 114 Å². The van der Waals surface area contributed by atoms with Crippen molar-refractivity contribution in [2.75, 3.05) is 20.3 Å². The third-order valence-electron chi connectivity index (χ3n) is 3.05. The van der Waals surface area contributed by atoms with Gasteiger partial charge in [0.2, 0.25) is 5.88 Å². The van der Waals surface area contributed by atoms with E-state index in [2.05, 4.69) is 9.97 Å². The van der Waals surface area contributed by atoms with Gasteiger partial charge in [-0.05, 0) is 6.07 Å². The van der Waals surface area contributed by atoms with Crippen molar-refractivity contribution < 1.29 is 18.6 Å². The van der Waals surface area contributed by atoms with Crippen LogP contribution < -0.4 is 10.5 Å². The zero-order chi connectivity index (χ0) is 14.1. The first-order valence-electron chi connectivity index (χ1n) is 6.17. The van der Waals surface area contributed by atoms with Crippen LogP contribution in [0.25, 0.3) is 11.0 Å². The third kappa shape index (κ3) is 2.31. The lowest BCUT2D eigenvalue weighted by molar-refractivity contribution is -0.190. The second kappa shape index (κ2) is 5.28. The number of ether oxygens (including phenoxy) is 3. The van der Waals surface area contributed by atoms with Crippen LogP contribution in [0.2, 0.25) is 0 Å². The summed E-state index contributed by atoms with van der Waals surface area (Å²) in [7, 11) is 1.49. The van der Waals surface area contributed by atoms with E-state index in [9.17, 15) is 4.39 Å². The van der Waals surface area contributed by atoms with E-state index in [1.807, 2.05) is 0 Å². The van der Waals surface area contributed by atoms with Gasteiger partial charge in [0.05, 0.1) is 43.6 Å². The van der Waals surface area contributed by atoms with Crippen LogP contribution in [0.1, 0.15) is 11.9 Å². The maximum absolute atomic E-state index is 14.1. The van der Waals surface area contributed by atoms with Gasteiger partial charge in [-0.2, -0.15) is 0 Å². The van der Waals surface area contributed by atoms with Gasteiger partial charge in [0.15, 0.2) is 12.1 Å². The maximum atomic E-state index is 14.1. The summed E-state index contributed by atoms with van der Waals surface area (Å²) in [5.74, 6) is -0.155. The van der Waals surface area contributed by atoms with Crippen LogP contribution in [-0.4, -0.2) is 36.3 Å². The molecule has 2 aromatic rings. The number of pyridine rings is 2. The minimum absolute atomic E-state index is 0.204. The summed E-state index contributed by atoms with van der Waals surface area (Å²) in [5, 5.41) is 0. The summed E-state index contributed by atoms with van der Waals surface area (Å²) in [4.78, 5) is 8.23. The number of rotatable bonds is 2. The smallest absolute Gasteiger partial charge is 0.213 e. The number of fused-ring (bicyclic) bond motifs is 1. The minimum atomic E-state index is -0.833. The molecule has 0 bridgehead atoms. The predicted octanol–water partition coefficient (Wildman–Crippen LogP) is 1.15. The first kappa shape index (κ1) is 13.2. The van der Waals surface area contributed by atoms with E-state index >= 15 is 0 Å². The molecule has 1 aliphatic heterocycles. The lowest BCUT2D eigenvalue weighted by Gasteiger charge is -2.28. The van der Waals surface area contributed by atoms with E-state index in [1.54, 1.807) is 12.1 Å². The first-order valence-corrected chi connectivity index (χ1v) is 6.17. The zero-order valence-electron chi connectivity index (χ0n) is 10.9. The number of nitrogens with zero attached hydrogens (tertiary/aromatic N) is 2. The Kier molecular flexibility index (Phi) is 3.47. The Hall–Kier alpha value is -1.83. The molecule has 1 aliphatic rings. The van der Waals surface area contributed by atoms with Gasteiger partial charge in [-0.1, -0.05) is 0 Å². The number of nitrogens with two attached hydrogens (primary N) is 1. The summed E-state index contributed by atoms with van der Waals surface area (Å²) in [5.41, 5.74) is 6.81. The third-order valence-corrected chi connectivity index (χ3v) is 3.05. The molecule has 0 aliphatic carbocycles. The van der Waals surface area contributed by atoms with Gasteiger partial charge >= 0.3 is 0 Å². The van der Waals surface area contributed by atoms with E-state index in [1.165, 1.54) is 7.11 Å². The van der Waals surface area contributed by atoms with Gasteiger partial charge in [0.1, 0.15) is 5.52 Å². The average Bonchev–Trinajstić information content (AvgIpc) is 2.48. The van der Waals surface area contributed by atoms with Gasteiger partial charge in [0.25, 0.3) is 0 Å². The normalized spacial score (nSPS) is 22.9. The maximum Gasteiger partial charge on any atom is 0.213 e. The number of aromatic nitrogens is 2. The van der Waals surface area contributed by atoms with Crippen molar-refractivity contribution in [1.29, 1.82) is 0 Å². The summed E-state index contributed by atoms with van der Waals surface area (Å²) in [6.45, 7) is 0.607. The number of methoxy groups -OCH3 is 1. The van der Waals surface area contributed by atoms with Crippen molar-refractivity contribution in [2.24, 2.45) is 5.73 Å². The second-order valence-electron chi connectivity index (χ2n) is 4.50. The highest BCUT2D eigenvalue weighted by molar-refractivity contribution is 5.78. The topological polar surface area (TPSA) is 79.5 Å². The molecule has 3 rings (SSSR count). The van der Waals surface area contributed by atoms with Gasteiger partial charge in [0, 0.05) is 6.07 Å². The zero-order valence-corrected chi connectivity index (χ0v) is 10.9. The largest absolute Gasteiger partial charge is 0.481 e. The Morgan fingerprint density at radius 1 is 1.35 bits per heavy atom. The standard InChI is InChI=1S/C13H14FN3O3/c1-18-10-3-2-9-12(17-10)11(8(14)4-16-9)13-19-5-7(15)6-20-13/h2-4,7,13H,5-6,15H2,1H3/t7-,13-. The molecule has 0 radical (unpaired) electrons. The fourth-order valence-corrected chi connectivity index (χ4v) is 2.07. The number of halogens is 1. The van der Waals surface area contributed by atoms with E-state index in [-0.39, 0.29) is 11.6 Å². The van der Waals surface area contributed by atoms with Crippen LogP contribution in [0.15, 0.2) is 18.3 Å². The van der Waals surface area contributed by atoms with Gasteiger partial charge < -0.3 is 19.9 Å². The molecule has 0 amide bonds. The molecule has 20 heavy (non-hydrogen) atoms. The summed E-state index contributed by atoms with van der Waals surface area (Å²) >= 11 is 0. The summed E-state index contributed by atoms with van der Waals surface area (Å²) < 4.78 is 30.0. The van der Waals surface area contributed by atoms with E-state index < -0.39 is 12.1 Å². The molecule has 2 N–H and O–H groups in total. The molecular weight excluding hydrogens is 265 g/mol. The molecule has 0 spiro atoms. The number of hydrogen-bond donors (Lipinski definition) is 1. The predicted molar refractivity (Wildman–Crippen MR) is 68.7 cm³/mol. The van der Waals surface area contributed by atoms with Crippen molar-refractivity contribution in [3.05, 3.63) is 29.7 Å². The van der Waals surface area contributed by atoms with Crippen molar-refractivity contribution in [2.45, 2.75) is 12.3 Å². The molecule has 0 unspecified atom stereocenters. The highest BCUT2D eigenvalue weighted by Crippen LogP contribution is 2.30. The quantitative estimate of drug-likeness (QED) is 0.888. The Morgan fingerprint density at radius 2 is 2.10 bits per heavy atom. The lowest BCUT2D eigenvalue weighted by Crippen LogP contribution is -2.38. The SMILES string of the molecule is COc1ccc2ncc(F)c([C@H]3OC[C@H](N)CO3)c2n1. The second-order valence-corrected chi connectivity index (χ2v) is 4.50. The van der Waals surface area contributed by atoms with Gasteiger partial charge in [-0.15, -0.1) is 0 Å². The minimum Gasteiger partial charge on any atom is -0.481 e. The summed E-state index contributed by atoms with van der Waals surface area (Å²) in [6.07, 6.45) is 0.299. The molecule has 3 heterocycles. The van der Waals surface area contributed by atoms with E-state index in [0.29, 0.717) is 30.1 Å². The lowest BCUT2D eigenvalue weighted by atomic mass is 10.1. The molecule has 0 saturated carbocycles. The Bertz CT molecular complexity index is 630. The molecule has 2 aromatic heterocycles.